The van der Waals surface area contributed by atoms with Crippen LogP contribution in [0.15, 0.2) is 79.0 Å². The normalized spacial score (nSPS) is 11.6. The van der Waals surface area contributed by atoms with Crippen molar-refractivity contribution < 1.29 is 23.1 Å². The highest BCUT2D eigenvalue weighted by Crippen LogP contribution is 2.39. The van der Waals surface area contributed by atoms with Crippen molar-refractivity contribution >= 4 is 16.7 Å². The van der Waals surface area contributed by atoms with Crippen LogP contribution in [-0.2, 0) is 6.18 Å². The Morgan fingerprint density at radius 1 is 0.828 bits per heavy atom. The number of carbonyl (C=O) groups excluding carboxylic acids is 1. The van der Waals surface area contributed by atoms with Crippen LogP contribution in [0.3, 0.4) is 0 Å². The van der Waals surface area contributed by atoms with E-state index in [0.717, 1.165) is 12.3 Å². The summed E-state index contributed by atoms with van der Waals surface area (Å²) < 4.78 is 40.5. The molecule has 1 N–H and O–H groups in total. The number of carbonyl (C=O) groups is 1. The molecule has 0 unspecified atom stereocenters. The standard InChI is InChI=1S/C23H14F3NO2/c24-23(25,26)18-11-6-10-16-20(14-7-2-1-3-8-14)17(13-27-21(16)18)22(29)15-9-4-5-12-19(15)28/h1-13,28H. The van der Waals surface area contributed by atoms with Crippen LogP contribution in [0, 0.1) is 0 Å². The van der Waals surface area contributed by atoms with Gasteiger partial charge in [0.2, 0.25) is 0 Å². The Morgan fingerprint density at radius 3 is 2.21 bits per heavy atom. The minimum atomic E-state index is -4.58. The fraction of sp³-hybridized carbons (Fsp3) is 0.0435. The first-order valence-corrected chi connectivity index (χ1v) is 8.75. The predicted molar refractivity (Wildman–Crippen MR) is 104 cm³/mol. The van der Waals surface area contributed by atoms with Gasteiger partial charge in [0.1, 0.15) is 5.75 Å². The summed E-state index contributed by atoms with van der Waals surface area (Å²) in [6.07, 6.45) is -3.43. The van der Waals surface area contributed by atoms with Crippen LogP contribution < -0.4 is 0 Å². The number of phenols is 1. The smallest absolute Gasteiger partial charge is 0.418 e. The average Bonchev–Trinajstić information content (AvgIpc) is 2.72. The van der Waals surface area contributed by atoms with Crippen molar-refractivity contribution in [3.05, 3.63) is 95.7 Å². The molecule has 4 aromatic rings. The number of halogens is 3. The average molecular weight is 393 g/mol. The zero-order valence-corrected chi connectivity index (χ0v) is 14.9. The van der Waals surface area contributed by atoms with Crippen molar-refractivity contribution in [1.82, 2.24) is 4.98 Å². The molecular weight excluding hydrogens is 379 g/mol. The van der Waals surface area contributed by atoms with Crippen molar-refractivity contribution in [1.29, 1.82) is 0 Å². The molecule has 1 aromatic heterocycles. The Kier molecular flexibility index (Phi) is 4.54. The van der Waals surface area contributed by atoms with Gasteiger partial charge in [-0.3, -0.25) is 9.78 Å². The fourth-order valence-electron chi connectivity index (χ4n) is 3.35. The van der Waals surface area contributed by atoms with Gasteiger partial charge in [0, 0.05) is 22.7 Å². The number of nitrogens with zero attached hydrogens (tertiary/aromatic N) is 1. The van der Waals surface area contributed by atoms with Crippen molar-refractivity contribution in [2.24, 2.45) is 0 Å². The summed E-state index contributed by atoms with van der Waals surface area (Å²) in [6, 6.07) is 18.5. The van der Waals surface area contributed by atoms with Gasteiger partial charge in [0.05, 0.1) is 16.6 Å². The Labute approximate surface area is 164 Å². The summed E-state index contributed by atoms with van der Waals surface area (Å²) in [7, 11) is 0. The quantitative estimate of drug-likeness (QED) is 0.444. The summed E-state index contributed by atoms with van der Waals surface area (Å²) in [5, 5.41) is 10.3. The Hall–Kier alpha value is -3.67. The minimum absolute atomic E-state index is 0.0535. The molecule has 1 heterocycles. The molecule has 0 bridgehead atoms. The number of para-hydroxylation sites is 2. The first-order chi connectivity index (χ1) is 13.9. The molecule has 0 aliphatic rings. The second-order valence-electron chi connectivity index (χ2n) is 6.46. The molecule has 0 saturated heterocycles. The lowest BCUT2D eigenvalue weighted by molar-refractivity contribution is -0.136. The van der Waals surface area contributed by atoms with E-state index in [1.54, 1.807) is 42.5 Å². The molecule has 0 amide bonds. The number of rotatable bonds is 3. The summed E-state index contributed by atoms with van der Waals surface area (Å²) >= 11 is 0. The number of alkyl halides is 3. The van der Waals surface area contributed by atoms with E-state index in [2.05, 4.69) is 4.98 Å². The number of fused-ring (bicyclic) bond motifs is 1. The molecule has 0 atom stereocenters. The maximum absolute atomic E-state index is 13.5. The number of benzene rings is 3. The molecule has 3 nitrogen and oxygen atoms in total. The molecule has 4 rings (SSSR count). The molecule has 0 spiro atoms. The highest BCUT2D eigenvalue weighted by molar-refractivity contribution is 6.17. The highest BCUT2D eigenvalue weighted by Gasteiger charge is 2.34. The SMILES string of the molecule is O=C(c1ccccc1O)c1cnc2c(C(F)(F)F)cccc2c1-c1ccccc1. The maximum atomic E-state index is 13.5. The summed E-state index contributed by atoms with van der Waals surface area (Å²) in [5.41, 5.74) is -0.00305. The maximum Gasteiger partial charge on any atom is 0.418 e. The van der Waals surface area contributed by atoms with Crippen LogP contribution in [0.4, 0.5) is 13.2 Å². The Bertz CT molecular complexity index is 1220. The lowest BCUT2D eigenvalue weighted by Crippen LogP contribution is -2.09. The van der Waals surface area contributed by atoms with Gasteiger partial charge < -0.3 is 5.11 Å². The number of hydrogen-bond donors (Lipinski definition) is 1. The minimum Gasteiger partial charge on any atom is -0.507 e. The van der Waals surface area contributed by atoms with Crippen LogP contribution in [0.5, 0.6) is 5.75 Å². The van der Waals surface area contributed by atoms with E-state index in [9.17, 15) is 23.1 Å². The molecule has 144 valence electrons. The molecule has 0 aliphatic heterocycles. The molecule has 0 fully saturated rings. The van der Waals surface area contributed by atoms with Gasteiger partial charge in [-0.2, -0.15) is 13.2 Å². The molecule has 29 heavy (non-hydrogen) atoms. The molecule has 0 radical (unpaired) electrons. The molecule has 0 saturated carbocycles. The third-order valence-corrected chi connectivity index (χ3v) is 4.66. The monoisotopic (exact) mass is 393 g/mol. The van der Waals surface area contributed by atoms with Crippen LogP contribution >= 0.6 is 0 Å². The van der Waals surface area contributed by atoms with Crippen molar-refractivity contribution in [2.75, 3.05) is 0 Å². The largest absolute Gasteiger partial charge is 0.507 e. The van der Waals surface area contributed by atoms with Gasteiger partial charge in [-0.25, -0.2) is 0 Å². The number of pyridine rings is 1. The third kappa shape index (κ3) is 3.33. The van der Waals surface area contributed by atoms with Crippen LogP contribution in [0.25, 0.3) is 22.0 Å². The van der Waals surface area contributed by atoms with Crippen LogP contribution in [-0.4, -0.2) is 15.9 Å². The molecular formula is C23H14F3NO2. The van der Waals surface area contributed by atoms with Crippen LogP contribution in [0.2, 0.25) is 0 Å². The third-order valence-electron chi connectivity index (χ3n) is 4.66. The van der Waals surface area contributed by atoms with Crippen molar-refractivity contribution in [3.8, 4) is 16.9 Å². The van der Waals surface area contributed by atoms with Gasteiger partial charge >= 0.3 is 6.18 Å². The second kappa shape index (κ2) is 7.05. The van der Waals surface area contributed by atoms with Gasteiger partial charge in [-0.05, 0) is 23.8 Å². The number of ketones is 1. The molecule has 3 aromatic carbocycles. The fourth-order valence-corrected chi connectivity index (χ4v) is 3.35. The van der Waals surface area contributed by atoms with Gasteiger partial charge in [0.25, 0.3) is 0 Å². The zero-order chi connectivity index (χ0) is 20.6. The first-order valence-electron chi connectivity index (χ1n) is 8.75. The van der Waals surface area contributed by atoms with E-state index in [-0.39, 0.29) is 27.8 Å². The Morgan fingerprint density at radius 2 is 1.52 bits per heavy atom. The number of hydrogen-bond acceptors (Lipinski definition) is 3. The van der Waals surface area contributed by atoms with E-state index in [0.29, 0.717) is 11.1 Å². The summed E-state index contributed by atoms with van der Waals surface area (Å²) in [6.45, 7) is 0. The predicted octanol–water partition coefficient (Wildman–Crippen LogP) is 5.86. The summed E-state index contributed by atoms with van der Waals surface area (Å²) in [4.78, 5) is 17.2. The number of aromatic nitrogens is 1. The van der Waals surface area contributed by atoms with Gasteiger partial charge in [0.15, 0.2) is 5.78 Å². The van der Waals surface area contributed by atoms with E-state index in [4.69, 9.17) is 0 Å². The topological polar surface area (TPSA) is 50.2 Å². The van der Waals surface area contributed by atoms with Gasteiger partial charge in [-0.1, -0.05) is 54.6 Å². The lowest BCUT2D eigenvalue weighted by Gasteiger charge is -2.16. The van der Waals surface area contributed by atoms with Crippen LogP contribution in [0.1, 0.15) is 21.5 Å². The highest BCUT2D eigenvalue weighted by atomic mass is 19.4. The van der Waals surface area contributed by atoms with E-state index >= 15 is 0 Å². The summed E-state index contributed by atoms with van der Waals surface area (Å²) in [5.74, 6) is -0.727. The molecule has 0 aliphatic carbocycles. The van der Waals surface area contributed by atoms with Gasteiger partial charge in [-0.15, -0.1) is 0 Å². The van der Waals surface area contributed by atoms with E-state index in [1.807, 2.05) is 0 Å². The van der Waals surface area contributed by atoms with Crippen molar-refractivity contribution in [2.45, 2.75) is 6.18 Å². The van der Waals surface area contributed by atoms with E-state index < -0.39 is 17.5 Å². The van der Waals surface area contributed by atoms with E-state index in [1.165, 1.54) is 24.3 Å². The Balaban J connectivity index is 2.06. The second-order valence-corrected chi connectivity index (χ2v) is 6.46. The first kappa shape index (κ1) is 18.7. The molecule has 6 heteroatoms. The van der Waals surface area contributed by atoms with Crippen molar-refractivity contribution in [3.63, 3.8) is 0 Å². The number of aromatic hydroxyl groups is 1. The zero-order valence-electron chi connectivity index (χ0n) is 14.9. The number of phenolic OH excluding ortho intramolecular Hbond substituents is 1. The lowest BCUT2D eigenvalue weighted by atomic mass is 9.91.